The van der Waals surface area contributed by atoms with E-state index in [1.807, 2.05) is 0 Å². The predicted molar refractivity (Wildman–Crippen MR) is 140 cm³/mol. The number of aldehydes is 1. The number of benzene rings is 2. The minimum Gasteiger partial charge on any atom is -0.322 e. The molecule has 3 rings (SSSR count). The molecule has 0 radical (unpaired) electrons. The second kappa shape index (κ2) is 11.1. The van der Waals surface area contributed by atoms with Crippen molar-refractivity contribution < 1.29 is 26.4 Å². The summed E-state index contributed by atoms with van der Waals surface area (Å²) >= 11 is 0. The van der Waals surface area contributed by atoms with Crippen molar-refractivity contribution in [2.24, 2.45) is 11.8 Å². The van der Waals surface area contributed by atoms with E-state index >= 15 is 0 Å². The Labute approximate surface area is 213 Å². The molecule has 9 nitrogen and oxygen atoms in total. The third-order valence-electron chi connectivity index (χ3n) is 6.37. The number of nitrogens with one attached hydrogen (secondary N) is 1. The van der Waals surface area contributed by atoms with E-state index in [1.165, 1.54) is 53.8 Å². The molecule has 0 spiro atoms. The van der Waals surface area contributed by atoms with Gasteiger partial charge in [0, 0.05) is 31.4 Å². The van der Waals surface area contributed by atoms with Crippen LogP contribution in [0.2, 0.25) is 0 Å². The van der Waals surface area contributed by atoms with Crippen LogP contribution < -0.4 is 9.62 Å². The fourth-order valence-electron chi connectivity index (χ4n) is 4.37. The number of rotatable bonds is 9. The van der Waals surface area contributed by atoms with Gasteiger partial charge in [0.1, 0.15) is 6.29 Å². The van der Waals surface area contributed by atoms with Crippen LogP contribution in [0.15, 0.2) is 47.4 Å². The lowest BCUT2D eigenvalue weighted by molar-refractivity contribution is 0.102. The lowest BCUT2D eigenvalue weighted by Gasteiger charge is -2.32. The van der Waals surface area contributed by atoms with Crippen molar-refractivity contribution in [1.82, 2.24) is 4.31 Å². The topological polar surface area (TPSA) is 121 Å². The van der Waals surface area contributed by atoms with Gasteiger partial charge in [-0.3, -0.25) is 13.9 Å². The number of anilines is 2. The predicted octanol–water partition coefficient (Wildman–Crippen LogP) is 3.59. The maximum atomic E-state index is 13.1. The standard InChI is InChI=1S/C25H33N3O6S2/c1-18(2)15-19-11-13-28(14-12-19)36(33,34)22-8-6-21(7-9-22)26-25(30)23-16-20(17-29)5-10-24(23)27(3)35(4,31)32/h5-10,16-19H,11-15H2,1-4H3,(H,26,30). The summed E-state index contributed by atoms with van der Waals surface area (Å²) in [5, 5.41) is 2.65. The smallest absolute Gasteiger partial charge is 0.257 e. The maximum Gasteiger partial charge on any atom is 0.257 e. The Morgan fingerprint density at radius 3 is 2.22 bits per heavy atom. The number of nitrogens with zero attached hydrogens (tertiary/aromatic N) is 2. The van der Waals surface area contributed by atoms with Gasteiger partial charge in [0.25, 0.3) is 5.91 Å². The van der Waals surface area contributed by atoms with Gasteiger partial charge in [-0.2, -0.15) is 4.31 Å². The van der Waals surface area contributed by atoms with Gasteiger partial charge in [-0.05, 0) is 73.6 Å². The van der Waals surface area contributed by atoms with Gasteiger partial charge in [0.15, 0.2) is 0 Å². The van der Waals surface area contributed by atoms with Crippen LogP contribution in [0, 0.1) is 11.8 Å². The maximum absolute atomic E-state index is 13.1. The molecule has 1 heterocycles. The van der Waals surface area contributed by atoms with E-state index in [0.29, 0.717) is 36.9 Å². The molecule has 196 valence electrons. The first-order valence-electron chi connectivity index (χ1n) is 11.8. The zero-order valence-corrected chi connectivity index (χ0v) is 22.6. The SMILES string of the molecule is CC(C)CC1CCN(S(=O)(=O)c2ccc(NC(=O)c3cc(C=O)ccc3N(C)S(C)(=O)=O)cc2)CC1. The van der Waals surface area contributed by atoms with E-state index in [2.05, 4.69) is 19.2 Å². The van der Waals surface area contributed by atoms with Crippen LogP contribution >= 0.6 is 0 Å². The van der Waals surface area contributed by atoms with Crippen molar-refractivity contribution in [3.63, 3.8) is 0 Å². The van der Waals surface area contributed by atoms with E-state index in [-0.39, 0.29) is 21.7 Å². The summed E-state index contributed by atoms with van der Waals surface area (Å²) in [5.41, 5.74) is 0.651. The summed E-state index contributed by atoms with van der Waals surface area (Å²) in [6.07, 6.45) is 4.35. The Morgan fingerprint density at radius 2 is 1.69 bits per heavy atom. The minimum atomic E-state index is -3.65. The van der Waals surface area contributed by atoms with Crippen LogP contribution in [0.1, 0.15) is 53.8 Å². The van der Waals surface area contributed by atoms with E-state index in [0.717, 1.165) is 29.8 Å². The number of sulfonamides is 2. The van der Waals surface area contributed by atoms with Crippen LogP contribution in [0.25, 0.3) is 0 Å². The van der Waals surface area contributed by atoms with E-state index < -0.39 is 26.0 Å². The summed E-state index contributed by atoms with van der Waals surface area (Å²) in [4.78, 5) is 24.4. The Morgan fingerprint density at radius 1 is 1.08 bits per heavy atom. The summed E-state index contributed by atoms with van der Waals surface area (Å²) in [7, 11) is -5.99. The number of carbonyl (C=O) groups excluding carboxylic acids is 2. The average Bonchev–Trinajstić information content (AvgIpc) is 2.83. The average molecular weight is 536 g/mol. The van der Waals surface area contributed by atoms with Crippen molar-refractivity contribution in [1.29, 1.82) is 0 Å². The normalized spacial score (nSPS) is 15.6. The van der Waals surface area contributed by atoms with Crippen LogP contribution in [0.4, 0.5) is 11.4 Å². The van der Waals surface area contributed by atoms with Crippen LogP contribution in [-0.4, -0.2) is 59.7 Å². The number of hydrogen-bond donors (Lipinski definition) is 1. The first kappa shape index (κ1) is 27.8. The van der Waals surface area contributed by atoms with Crippen molar-refractivity contribution in [3.8, 4) is 0 Å². The monoisotopic (exact) mass is 535 g/mol. The molecular weight excluding hydrogens is 502 g/mol. The van der Waals surface area contributed by atoms with Crippen molar-refractivity contribution in [3.05, 3.63) is 53.6 Å². The number of amides is 1. The van der Waals surface area contributed by atoms with Crippen molar-refractivity contribution in [2.45, 2.75) is 38.0 Å². The summed E-state index contributed by atoms with van der Waals surface area (Å²) in [5.74, 6) is 0.495. The van der Waals surface area contributed by atoms with E-state index in [9.17, 15) is 26.4 Å². The molecule has 1 N–H and O–H groups in total. The molecule has 1 saturated heterocycles. The van der Waals surface area contributed by atoms with Gasteiger partial charge in [-0.15, -0.1) is 0 Å². The molecule has 0 saturated carbocycles. The number of hydrogen-bond acceptors (Lipinski definition) is 6. The summed E-state index contributed by atoms with van der Waals surface area (Å²) < 4.78 is 52.7. The molecule has 36 heavy (non-hydrogen) atoms. The van der Waals surface area contributed by atoms with Gasteiger partial charge >= 0.3 is 0 Å². The molecule has 0 atom stereocenters. The Balaban J connectivity index is 1.76. The Bertz CT molecular complexity index is 1310. The molecule has 0 aromatic heterocycles. The lowest BCUT2D eigenvalue weighted by atomic mass is 9.89. The molecule has 0 aliphatic carbocycles. The largest absolute Gasteiger partial charge is 0.322 e. The molecule has 2 aromatic carbocycles. The molecule has 1 aliphatic heterocycles. The van der Waals surface area contributed by atoms with Gasteiger partial charge in [-0.25, -0.2) is 16.8 Å². The van der Waals surface area contributed by atoms with E-state index in [4.69, 9.17) is 0 Å². The Hall–Kier alpha value is -2.76. The zero-order valence-electron chi connectivity index (χ0n) is 21.0. The molecule has 1 fully saturated rings. The van der Waals surface area contributed by atoms with Crippen molar-refractivity contribution in [2.75, 3.05) is 36.0 Å². The molecule has 11 heteroatoms. The third-order valence-corrected chi connectivity index (χ3v) is 9.47. The lowest BCUT2D eigenvalue weighted by Crippen LogP contribution is -2.38. The minimum absolute atomic E-state index is 0.00603. The first-order chi connectivity index (χ1) is 16.8. The summed E-state index contributed by atoms with van der Waals surface area (Å²) in [6.45, 7) is 5.32. The quantitative estimate of drug-likeness (QED) is 0.490. The van der Waals surface area contributed by atoms with Crippen LogP contribution in [0.3, 0.4) is 0 Å². The molecule has 0 unspecified atom stereocenters. The van der Waals surface area contributed by atoms with Gasteiger partial charge in [-0.1, -0.05) is 13.8 Å². The Kier molecular flexibility index (Phi) is 8.58. The van der Waals surface area contributed by atoms with Crippen molar-refractivity contribution >= 4 is 43.6 Å². The fraction of sp³-hybridized carbons (Fsp3) is 0.440. The molecule has 2 aromatic rings. The molecule has 0 bridgehead atoms. The van der Waals surface area contributed by atoms with Gasteiger partial charge in [0.05, 0.1) is 22.4 Å². The van der Waals surface area contributed by atoms with Crippen LogP contribution in [-0.2, 0) is 20.0 Å². The number of piperidine rings is 1. The fourth-order valence-corrected chi connectivity index (χ4v) is 6.36. The molecule has 1 amide bonds. The highest BCUT2D eigenvalue weighted by atomic mass is 32.2. The first-order valence-corrected chi connectivity index (χ1v) is 15.1. The third kappa shape index (κ3) is 6.51. The van der Waals surface area contributed by atoms with Gasteiger partial charge < -0.3 is 5.32 Å². The number of carbonyl (C=O) groups is 2. The van der Waals surface area contributed by atoms with Gasteiger partial charge in [0.2, 0.25) is 20.0 Å². The highest BCUT2D eigenvalue weighted by Crippen LogP contribution is 2.29. The highest BCUT2D eigenvalue weighted by Gasteiger charge is 2.29. The second-order valence-electron chi connectivity index (χ2n) is 9.58. The highest BCUT2D eigenvalue weighted by molar-refractivity contribution is 7.92. The van der Waals surface area contributed by atoms with Crippen LogP contribution in [0.5, 0.6) is 0 Å². The second-order valence-corrected chi connectivity index (χ2v) is 13.5. The summed E-state index contributed by atoms with van der Waals surface area (Å²) in [6, 6.07) is 9.97. The zero-order chi connectivity index (χ0) is 26.7. The molecule has 1 aliphatic rings. The molecular formula is C25H33N3O6S2. The van der Waals surface area contributed by atoms with E-state index in [1.54, 1.807) is 0 Å².